The summed E-state index contributed by atoms with van der Waals surface area (Å²) in [5, 5.41) is 10.9. The average molecular weight is 266 g/mol. The first-order valence-electron chi connectivity index (χ1n) is 6.02. The third-order valence-corrected chi connectivity index (χ3v) is 3.03. The summed E-state index contributed by atoms with van der Waals surface area (Å²) in [6, 6.07) is 15.5. The van der Waals surface area contributed by atoms with Crippen LogP contribution in [0.2, 0.25) is 0 Å². The van der Waals surface area contributed by atoms with E-state index in [1.165, 1.54) is 6.07 Å². The molecular formula is C16H10O4. The second-order valence-corrected chi connectivity index (χ2v) is 4.35. The molecule has 0 spiro atoms. The third-order valence-electron chi connectivity index (χ3n) is 3.03. The van der Waals surface area contributed by atoms with E-state index >= 15 is 0 Å². The smallest absolute Gasteiger partial charge is 0.371 e. The van der Waals surface area contributed by atoms with Gasteiger partial charge in [0.2, 0.25) is 5.76 Å². The number of hydrogen-bond acceptors (Lipinski definition) is 3. The van der Waals surface area contributed by atoms with E-state index in [4.69, 9.17) is 9.52 Å². The molecule has 0 aliphatic heterocycles. The van der Waals surface area contributed by atoms with Crippen molar-refractivity contribution in [2.45, 2.75) is 0 Å². The van der Waals surface area contributed by atoms with Crippen LogP contribution in [-0.4, -0.2) is 11.1 Å². The summed E-state index contributed by atoms with van der Waals surface area (Å²) in [6.07, 6.45) is 0. The summed E-state index contributed by atoms with van der Waals surface area (Å²) in [4.78, 5) is 22.6. The van der Waals surface area contributed by atoms with Gasteiger partial charge in [-0.15, -0.1) is 0 Å². The molecule has 0 bridgehead atoms. The average Bonchev–Trinajstić information content (AvgIpc) is 2.46. The van der Waals surface area contributed by atoms with Gasteiger partial charge >= 0.3 is 5.97 Å². The first-order chi connectivity index (χ1) is 9.65. The van der Waals surface area contributed by atoms with Crippen LogP contribution in [0.5, 0.6) is 0 Å². The molecule has 0 aliphatic carbocycles. The molecule has 1 aromatic heterocycles. The Hall–Kier alpha value is -2.88. The van der Waals surface area contributed by atoms with Crippen molar-refractivity contribution in [2.75, 3.05) is 0 Å². The lowest BCUT2D eigenvalue weighted by Crippen LogP contribution is -2.05. The van der Waals surface area contributed by atoms with Gasteiger partial charge in [0.05, 0.1) is 0 Å². The fraction of sp³-hybridized carbons (Fsp3) is 0. The van der Waals surface area contributed by atoms with Crippen LogP contribution in [0, 0.1) is 0 Å². The first-order valence-corrected chi connectivity index (χ1v) is 6.02. The van der Waals surface area contributed by atoms with Crippen LogP contribution in [0.1, 0.15) is 10.6 Å². The maximum atomic E-state index is 11.6. The topological polar surface area (TPSA) is 67.5 Å². The van der Waals surface area contributed by atoms with E-state index in [-0.39, 0.29) is 11.5 Å². The second kappa shape index (κ2) is 4.66. The summed E-state index contributed by atoms with van der Waals surface area (Å²) in [5.41, 5.74) is 0.305. The number of carboxylic acids is 1. The fourth-order valence-electron chi connectivity index (χ4n) is 2.16. The Balaban J connectivity index is 2.31. The van der Waals surface area contributed by atoms with Gasteiger partial charge in [-0.1, -0.05) is 42.5 Å². The molecule has 20 heavy (non-hydrogen) atoms. The molecule has 0 amide bonds. The highest BCUT2D eigenvalue weighted by Gasteiger charge is 2.12. The summed E-state index contributed by atoms with van der Waals surface area (Å²) < 4.78 is 5.31. The molecule has 0 atom stereocenters. The molecular weight excluding hydrogens is 256 g/mol. The van der Waals surface area contributed by atoms with Gasteiger partial charge in [-0.3, -0.25) is 4.79 Å². The van der Waals surface area contributed by atoms with Crippen LogP contribution in [0.25, 0.3) is 22.1 Å². The Morgan fingerprint density at radius 2 is 1.75 bits per heavy atom. The van der Waals surface area contributed by atoms with Gasteiger partial charge in [0.1, 0.15) is 5.76 Å². The van der Waals surface area contributed by atoms with E-state index in [2.05, 4.69) is 0 Å². The lowest BCUT2D eigenvalue weighted by atomic mass is 10.0. The van der Waals surface area contributed by atoms with Gasteiger partial charge in [0, 0.05) is 17.7 Å². The van der Waals surface area contributed by atoms with E-state index in [1.807, 2.05) is 36.4 Å². The molecule has 98 valence electrons. The van der Waals surface area contributed by atoms with Gasteiger partial charge in [0.25, 0.3) is 0 Å². The Bertz CT molecular complexity index is 856. The molecule has 0 saturated heterocycles. The third kappa shape index (κ3) is 2.07. The maximum Gasteiger partial charge on any atom is 0.371 e. The van der Waals surface area contributed by atoms with Gasteiger partial charge in [-0.05, 0) is 10.8 Å². The van der Waals surface area contributed by atoms with Crippen molar-refractivity contribution in [2.24, 2.45) is 0 Å². The van der Waals surface area contributed by atoms with E-state index < -0.39 is 11.4 Å². The molecule has 0 unspecified atom stereocenters. The predicted octanol–water partition coefficient (Wildman–Crippen LogP) is 3.16. The molecule has 1 heterocycles. The first kappa shape index (κ1) is 12.2. The SMILES string of the molecule is O=C(O)c1cc(=O)cc(-c2cccc3ccccc23)o1. The van der Waals surface area contributed by atoms with E-state index in [0.29, 0.717) is 5.56 Å². The van der Waals surface area contributed by atoms with Crippen molar-refractivity contribution < 1.29 is 14.3 Å². The Morgan fingerprint density at radius 1 is 1.00 bits per heavy atom. The molecule has 2 aromatic carbocycles. The van der Waals surface area contributed by atoms with Crippen molar-refractivity contribution in [1.82, 2.24) is 0 Å². The molecule has 0 fully saturated rings. The van der Waals surface area contributed by atoms with Crippen LogP contribution in [0.4, 0.5) is 0 Å². The van der Waals surface area contributed by atoms with Crippen molar-refractivity contribution in [1.29, 1.82) is 0 Å². The number of benzene rings is 2. The standard InChI is InChI=1S/C16H10O4/c17-11-8-14(20-15(9-11)16(18)19)13-7-3-5-10-4-1-2-6-12(10)13/h1-9H,(H,18,19). The summed E-state index contributed by atoms with van der Waals surface area (Å²) in [7, 11) is 0. The van der Waals surface area contributed by atoms with Crippen LogP contribution in [0.3, 0.4) is 0 Å². The molecule has 0 aliphatic rings. The predicted molar refractivity (Wildman–Crippen MR) is 74.9 cm³/mol. The largest absolute Gasteiger partial charge is 0.475 e. The quantitative estimate of drug-likeness (QED) is 0.773. The number of carboxylic acid groups (broad SMARTS) is 1. The second-order valence-electron chi connectivity index (χ2n) is 4.35. The van der Waals surface area contributed by atoms with Crippen LogP contribution < -0.4 is 5.43 Å². The van der Waals surface area contributed by atoms with Crippen molar-refractivity contribution >= 4 is 16.7 Å². The molecule has 4 heteroatoms. The minimum absolute atomic E-state index is 0.256. The highest BCUT2D eigenvalue weighted by molar-refractivity contribution is 5.95. The van der Waals surface area contributed by atoms with Gasteiger partial charge in [-0.25, -0.2) is 4.79 Å². The number of rotatable bonds is 2. The summed E-state index contributed by atoms with van der Waals surface area (Å²) in [5.74, 6) is -1.36. The molecule has 1 N–H and O–H groups in total. The molecule has 0 saturated carbocycles. The van der Waals surface area contributed by atoms with Crippen LogP contribution in [0.15, 0.2) is 63.8 Å². The fourth-order valence-corrected chi connectivity index (χ4v) is 2.16. The molecule has 3 aromatic rings. The number of fused-ring (bicyclic) bond motifs is 1. The maximum absolute atomic E-state index is 11.6. The normalized spacial score (nSPS) is 10.6. The zero-order chi connectivity index (χ0) is 14.1. The van der Waals surface area contributed by atoms with Crippen molar-refractivity contribution in [3.63, 3.8) is 0 Å². The van der Waals surface area contributed by atoms with E-state index in [9.17, 15) is 9.59 Å². The highest BCUT2D eigenvalue weighted by atomic mass is 16.4. The van der Waals surface area contributed by atoms with Crippen LogP contribution in [-0.2, 0) is 0 Å². The lowest BCUT2D eigenvalue weighted by Gasteiger charge is -2.06. The Kier molecular flexibility index (Phi) is 2.84. The minimum Gasteiger partial charge on any atom is -0.475 e. The van der Waals surface area contributed by atoms with Crippen molar-refractivity contribution in [3.05, 3.63) is 70.6 Å². The number of aromatic carboxylic acids is 1. The zero-order valence-corrected chi connectivity index (χ0v) is 10.4. The van der Waals surface area contributed by atoms with Crippen molar-refractivity contribution in [3.8, 4) is 11.3 Å². The number of hydrogen-bond donors (Lipinski definition) is 1. The Labute approximate surface area is 113 Å². The summed E-state index contributed by atoms with van der Waals surface area (Å²) in [6.45, 7) is 0. The lowest BCUT2D eigenvalue weighted by molar-refractivity contribution is 0.0660. The number of carbonyl (C=O) groups is 1. The van der Waals surface area contributed by atoms with Gasteiger partial charge in [-0.2, -0.15) is 0 Å². The monoisotopic (exact) mass is 266 g/mol. The molecule has 4 nitrogen and oxygen atoms in total. The van der Waals surface area contributed by atoms with E-state index in [0.717, 1.165) is 16.8 Å². The molecule has 3 rings (SSSR count). The minimum atomic E-state index is -1.26. The van der Waals surface area contributed by atoms with E-state index in [1.54, 1.807) is 6.07 Å². The highest BCUT2D eigenvalue weighted by Crippen LogP contribution is 2.28. The van der Waals surface area contributed by atoms with Crippen LogP contribution >= 0.6 is 0 Å². The zero-order valence-electron chi connectivity index (χ0n) is 10.4. The van der Waals surface area contributed by atoms with Gasteiger partial charge in [0.15, 0.2) is 5.43 Å². The Morgan fingerprint density at radius 3 is 2.55 bits per heavy atom. The summed E-state index contributed by atoms with van der Waals surface area (Å²) >= 11 is 0. The molecule has 0 radical (unpaired) electrons. The van der Waals surface area contributed by atoms with Gasteiger partial charge < -0.3 is 9.52 Å².